The van der Waals surface area contributed by atoms with Crippen LogP contribution >= 0.6 is 11.3 Å². The van der Waals surface area contributed by atoms with Crippen molar-refractivity contribution in [3.63, 3.8) is 0 Å². The zero-order valence-electron chi connectivity index (χ0n) is 11.0. The van der Waals surface area contributed by atoms with Crippen LogP contribution in [-0.2, 0) is 13.0 Å². The number of hydrogen-bond donors (Lipinski definition) is 2. The number of carbonyl (C=O) groups is 1. The lowest BCUT2D eigenvalue weighted by molar-refractivity contribution is 0.0938. The first kappa shape index (κ1) is 13.8. The maximum Gasteiger partial charge on any atom is 0.255 e. The van der Waals surface area contributed by atoms with Gasteiger partial charge in [-0.05, 0) is 19.4 Å². The highest BCUT2D eigenvalue weighted by atomic mass is 32.1. The average molecular weight is 279 g/mol. The zero-order chi connectivity index (χ0) is 13.8. The van der Waals surface area contributed by atoms with Gasteiger partial charge in [-0.1, -0.05) is 6.92 Å². The standard InChI is InChI=1S/C13H17N3O2S/c1-3-12-16-11(7-19-12)8(2)15-13(17)9-4-10(5-14)18-6-9/h4,6-8H,3,5,14H2,1-2H3,(H,15,17). The summed E-state index contributed by atoms with van der Waals surface area (Å²) in [6, 6.07) is 1.53. The van der Waals surface area contributed by atoms with Gasteiger partial charge in [0.25, 0.3) is 5.91 Å². The van der Waals surface area contributed by atoms with Crippen LogP contribution in [0.1, 0.15) is 46.7 Å². The summed E-state index contributed by atoms with van der Waals surface area (Å²) in [5.41, 5.74) is 6.81. The summed E-state index contributed by atoms with van der Waals surface area (Å²) in [6.07, 6.45) is 2.33. The van der Waals surface area contributed by atoms with Crippen molar-refractivity contribution in [3.8, 4) is 0 Å². The van der Waals surface area contributed by atoms with E-state index < -0.39 is 0 Å². The molecule has 0 spiro atoms. The Hall–Kier alpha value is -1.66. The van der Waals surface area contributed by atoms with Gasteiger partial charge in [-0.25, -0.2) is 4.98 Å². The third-order valence-corrected chi connectivity index (χ3v) is 3.79. The quantitative estimate of drug-likeness (QED) is 0.879. The second-order valence-electron chi connectivity index (χ2n) is 4.22. The molecule has 2 aromatic rings. The molecule has 2 rings (SSSR count). The largest absolute Gasteiger partial charge is 0.467 e. The number of rotatable bonds is 5. The van der Waals surface area contributed by atoms with Gasteiger partial charge in [-0.15, -0.1) is 11.3 Å². The average Bonchev–Trinajstić information content (AvgIpc) is 3.07. The van der Waals surface area contributed by atoms with Gasteiger partial charge in [0.05, 0.1) is 28.9 Å². The van der Waals surface area contributed by atoms with E-state index in [9.17, 15) is 4.79 Å². The number of nitrogens with zero attached hydrogens (tertiary/aromatic N) is 1. The maximum absolute atomic E-state index is 12.0. The Morgan fingerprint density at radius 1 is 1.63 bits per heavy atom. The van der Waals surface area contributed by atoms with Crippen molar-refractivity contribution in [3.05, 3.63) is 39.7 Å². The van der Waals surface area contributed by atoms with E-state index in [4.69, 9.17) is 10.2 Å². The topological polar surface area (TPSA) is 81.2 Å². The van der Waals surface area contributed by atoms with Crippen molar-refractivity contribution in [2.45, 2.75) is 32.9 Å². The van der Waals surface area contributed by atoms with Crippen molar-refractivity contribution >= 4 is 17.2 Å². The van der Waals surface area contributed by atoms with Gasteiger partial charge in [0.1, 0.15) is 12.0 Å². The Morgan fingerprint density at radius 3 is 3.00 bits per heavy atom. The number of hydrogen-bond acceptors (Lipinski definition) is 5. The highest BCUT2D eigenvalue weighted by Gasteiger charge is 2.15. The predicted molar refractivity (Wildman–Crippen MR) is 74.0 cm³/mol. The Morgan fingerprint density at radius 2 is 2.42 bits per heavy atom. The summed E-state index contributed by atoms with van der Waals surface area (Å²) in [6.45, 7) is 4.26. The van der Waals surface area contributed by atoms with Gasteiger partial charge in [0, 0.05) is 5.38 Å². The Balaban J connectivity index is 2.01. The fraction of sp³-hybridized carbons (Fsp3) is 0.385. The highest BCUT2D eigenvalue weighted by Crippen LogP contribution is 2.17. The molecule has 0 aliphatic rings. The van der Waals surface area contributed by atoms with Crippen LogP contribution in [0.5, 0.6) is 0 Å². The molecule has 19 heavy (non-hydrogen) atoms. The Labute approximate surface area is 115 Å². The molecule has 0 aliphatic heterocycles. The van der Waals surface area contributed by atoms with E-state index in [0.717, 1.165) is 17.1 Å². The van der Waals surface area contributed by atoms with E-state index in [0.29, 0.717) is 11.3 Å². The van der Waals surface area contributed by atoms with Crippen LogP contribution in [0.4, 0.5) is 0 Å². The van der Waals surface area contributed by atoms with Crippen LogP contribution in [0.2, 0.25) is 0 Å². The number of aryl methyl sites for hydroxylation is 1. The predicted octanol–water partition coefficient (Wildman–Crippen LogP) is 2.25. The van der Waals surface area contributed by atoms with Crippen LogP contribution in [0.3, 0.4) is 0 Å². The van der Waals surface area contributed by atoms with E-state index in [-0.39, 0.29) is 18.5 Å². The normalized spacial score (nSPS) is 12.4. The number of furan rings is 1. The first-order chi connectivity index (χ1) is 9.13. The third-order valence-electron chi connectivity index (χ3n) is 2.78. The lowest BCUT2D eigenvalue weighted by Crippen LogP contribution is -2.26. The number of nitrogens with one attached hydrogen (secondary N) is 1. The minimum Gasteiger partial charge on any atom is -0.467 e. The fourth-order valence-corrected chi connectivity index (χ4v) is 2.49. The number of aromatic nitrogens is 1. The number of carbonyl (C=O) groups excluding carboxylic acids is 1. The van der Waals surface area contributed by atoms with Crippen LogP contribution in [0.25, 0.3) is 0 Å². The van der Waals surface area contributed by atoms with Gasteiger partial charge in [-0.3, -0.25) is 4.79 Å². The summed E-state index contributed by atoms with van der Waals surface area (Å²) in [5.74, 6) is 0.418. The van der Waals surface area contributed by atoms with Crippen molar-refractivity contribution in [2.24, 2.45) is 5.73 Å². The first-order valence-corrected chi connectivity index (χ1v) is 7.04. The summed E-state index contributed by atoms with van der Waals surface area (Å²) >= 11 is 1.61. The molecule has 1 atom stereocenters. The number of thiazole rings is 1. The molecule has 102 valence electrons. The van der Waals surface area contributed by atoms with E-state index in [1.807, 2.05) is 12.3 Å². The number of amides is 1. The van der Waals surface area contributed by atoms with Crippen molar-refractivity contribution < 1.29 is 9.21 Å². The molecule has 0 fully saturated rings. The minimum atomic E-state index is -0.179. The molecular weight excluding hydrogens is 262 g/mol. The van der Waals surface area contributed by atoms with Crippen LogP contribution in [-0.4, -0.2) is 10.9 Å². The molecule has 5 nitrogen and oxygen atoms in total. The molecule has 1 unspecified atom stereocenters. The second-order valence-corrected chi connectivity index (χ2v) is 5.16. The van der Waals surface area contributed by atoms with Gasteiger partial charge < -0.3 is 15.5 Å². The summed E-state index contributed by atoms with van der Waals surface area (Å²) in [7, 11) is 0. The summed E-state index contributed by atoms with van der Waals surface area (Å²) in [5, 5.41) is 5.94. The fourth-order valence-electron chi connectivity index (χ4n) is 1.65. The molecule has 2 aromatic heterocycles. The van der Waals surface area contributed by atoms with Gasteiger partial charge in [-0.2, -0.15) is 0 Å². The SMILES string of the molecule is CCc1nc(C(C)NC(=O)c2coc(CN)c2)cs1. The Kier molecular flexibility index (Phi) is 4.34. The Bertz CT molecular complexity index is 562. The summed E-state index contributed by atoms with van der Waals surface area (Å²) in [4.78, 5) is 16.5. The van der Waals surface area contributed by atoms with Crippen molar-refractivity contribution in [1.29, 1.82) is 0 Å². The van der Waals surface area contributed by atoms with Crippen LogP contribution in [0, 0.1) is 0 Å². The molecule has 1 amide bonds. The smallest absolute Gasteiger partial charge is 0.255 e. The molecule has 3 N–H and O–H groups in total. The molecule has 0 aliphatic carbocycles. The monoisotopic (exact) mass is 279 g/mol. The molecule has 0 radical (unpaired) electrons. The van der Waals surface area contributed by atoms with Crippen LogP contribution < -0.4 is 11.1 Å². The van der Waals surface area contributed by atoms with Gasteiger partial charge in [0.15, 0.2) is 0 Å². The molecule has 0 saturated carbocycles. The van der Waals surface area contributed by atoms with Crippen molar-refractivity contribution in [2.75, 3.05) is 0 Å². The first-order valence-electron chi connectivity index (χ1n) is 6.16. The zero-order valence-corrected chi connectivity index (χ0v) is 11.8. The van der Waals surface area contributed by atoms with E-state index in [1.165, 1.54) is 6.26 Å². The molecule has 0 aromatic carbocycles. The highest BCUT2D eigenvalue weighted by molar-refractivity contribution is 7.09. The lowest BCUT2D eigenvalue weighted by Gasteiger charge is -2.10. The van der Waals surface area contributed by atoms with Crippen LogP contribution in [0.15, 0.2) is 22.1 Å². The van der Waals surface area contributed by atoms with E-state index in [2.05, 4.69) is 17.2 Å². The minimum absolute atomic E-state index is 0.125. The van der Waals surface area contributed by atoms with E-state index >= 15 is 0 Å². The van der Waals surface area contributed by atoms with E-state index in [1.54, 1.807) is 17.4 Å². The lowest BCUT2D eigenvalue weighted by atomic mass is 10.2. The molecule has 6 heteroatoms. The van der Waals surface area contributed by atoms with Gasteiger partial charge in [0.2, 0.25) is 0 Å². The summed E-state index contributed by atoms with van der Waals surface area (Å²) < 4.78 is 5.14. The molecular formula is C13H17N3O2S. The van der Waals surface area contributed by atoms with Gasteiger partial charge >= 0.3 is 0 Å². The third kappa shape index (κ3) is 3.21. The molecule has 0 saturated heterocycles. The maximum atomic E-state index is 12.0. The molecule has 2 heterocycles. The molecule has 0 bridgehead atoms. The van der Waals surface area contributed by atoms with Crippen molar-refractivity contribution in [1.82, 2.24) is 10.3 Å². The second kappa shape index (κ2) is 5.99. The number of nitrogens with two attached hydrogens (primary N) is 1.